The third kappa shape index (κ3) is 4.06. The van der Waals surface area contributed by atoms with Crippen LogP contribution < -0.4 is 4.90 Å². The number of rotatable bonds is 5. The zero-order valence-electron chi connectivity index (χ0n) is 16.5. The molecule has 0 bridgehead atoms. The van der Waals surface area contributed by atoms with E-state index in [0.717, 1.165) is 17.0 Å². The smallest absolute Gasteiger partial charge is 0.282 e. The second-order valence-corrected chi connectivity index (χ2v) is 7.76. The predicted octanol–water partition coefficient (Wildman–Crippen LogP) is 2.51. The summed E-state index contributed by atoms with van der Waals surface area (Å²) in [7, 11) is 0. The van der Waals surface area contributed by atoms with Gasteiger partial charge in [-0.05, 0) is 29.8 Å². The minimum absolute atomic E-state index is 0.0331. The van der Waals surface area contributed by atoms with Crippen LogP contribution in [0.2, 0.25) is 5.02 Å². The van der Waals surface area contributed by atoms with Gasteiger partial charge >= 0.3 is 0 Å². The summed E-state index contributed by atoms with van der Waals surface area (Å²) in [6.07, 6.45) is 0. The number of benzene rings is 2. The van der Waals surface area contributed by atoms with Gasteiger partial charge in [-0.15, -0.1) is 0 Å². The fourth-order valence-corrected chi connectivity index (χ4v) is 4.01. The molecule has 0 radical (unpaired) electrons. The number of β-amino-alcohol motifs (C(OH)–C–C–N with tert-alkyl or cyclic N) is 1. The maximum absolute atomic E-state index is 13.8. The summed E-state index contributed by atoms with van der Waals surface area (Å²) in [6, 6.07) is 9.48. The van der Waals surface area contributed by atoms with Crippen molar-refractivity contribution in [3.63, 3.8) is 0 Å². The van der Waals surface area contributed by atoms with Crippen molar-refractivity contribution in [2.75, 3.05) is 44.2 Å². The highest BCUT2D eigenvalue weighted by atomic mass is 35.5. The zero-order valence-corrected chi connectivity index (χ0v) is 17.3. The minimum atomic E-state index is -1.14. The Bertz CT molecular complexity index is 1050. The number of aliphatic hydroxyl groups excluding tert-OH is 1. The molecular weight excluding hydrogens is 428 g/mol. The van der Waals surface area contributed by atoms with Gasteiger partial charge in [0.1, 0.15) is 5.70 Å². The third-order valence-electron chi connectivity index (χ3n) is 5.46. The highest BCUT2D eigenvalue weighted by Gasteiger charge is 2.43. The summed E-state index contributed by atoms with van der Waals surface area (Å²) in [4.78, 5) is 31.5. The Morgan fingerprint density at radius 1 is 0.903 bits per heavy atom. The molecule has 2 amide bonds. The van der Waals surface area contributed by atoms with Crippen molar-refractivity contribution < 1.29 is 23.5 Å². The van der Waals surface area contributed by atoms with Gasteiger partial charge in [0.25, 0.3) is 11.8 Å². The number of aliphatic hydroxyl groups is 1. The van der Waals surface area contributed by atoms with E-state index in [1.54, 1.807) is 24.3 Å². The Morgan fingerprint density at radius 3 is 2.19 bits per heavy atom. The summed E-state index contributed by atoms with van der Waals surface area (Å²) in [6.45, 7) is 2.77. The average molecular weight is 448 g/mol. The van der Waals surface area contributed by atoms with Crippen molar-refractivity contribution in [1.82, 2.24) is 9.80 Å². The summed E-state index contributed by atoms with van der Waals surface area (Å²) in [5.74, 6) is -3.39. The highest BCUT2D eigenvalue weighted by molar-refractivity contribution is 6.45. The molecule has 162 valence electrons. The van der Waals surface area contributed by atoms with Crippen LogP contribution in [0.1, 0.15) is 5.56 Å². The molecule has 9 heteroatoms. The van der Waals surface area contributed by atoms with Gasteiger partial charge in [-0.1, -0.05) is 23.7 Å². The predicted molar refractivity (Wildman–Crippen MR) is 112 cm³/mol. The second kappa shape index (κ2) is 8.74. The molecule has 0 spiro atoms. The van der Waals surface area contributed by atoms with E-state index in [4.69, 9.17) is 16.7 Å². The molecule has 0 atom stereocenters. The number of hydrogen-bond acceptors (Lipinski definition) is 5. The lowest BCUT2D eigenvalue weighted by Gasteiger charge is -2.36. The number of piperazine rings is 1. The highest BCUT2D eigenvalue weighted by Crippen LogP contribution is 2.36. The molecular formula is C22H20ClF2N3O3. The van der Waals surface area contributed by atoms with Crippen LogP contribution in [0.5, 0.6) is 0 Å². The fourth-order valence-electron chi connectivity index (χ4n) is 3.88. The first-order valence-corrected chi connectivity index (χ1v) is 10.2. The molecule has 1 fully saturated rings. The van der Waals surface area contributed by atoms with Crippen LogP contribution in [0, 0.1) is 11.6 Å². The molecule has 0 aliphatic carbocycles. The van der Waals surface area contributed by atoms with Crippen LogP contribution in [-0.4, -0.2) is 66.1 Å². The normalized spacial score (nSPS) is 17.8. The van der Waals surface area contributed by atoms with E-state index in [-0.39, 0.29) is 23.6 Å². The van der Waals surface area contributed by atoms with E-state index >= 15 is 0 Å². The van der Waals surface area contributed by atoms with Gasteiger partial charge in [-0.2, -0.15) is 0 Å². The van der Waals surface area contributed by atoms with Gasteiger partial charge < -0.3 is 10.0 Å². The van der Waals surface area contributed by atoms with Crippen LogP contribution >= 0.6 is 11.6 Å². The largest absolute Gasteiger partial charge is 0.395 e. The van der Waals surface area contributed by atoms with Crippen LogP contribution in [0.25, 0.3) is 5.57 Å². The number of nitrogens with zero attached hydrogens (tertiary/aromatic N) is 3. The maximum atomic E-state index is 13.8. The van der Waals surface area contributed by atoms with Crippen molar-refractivity contribution in [2.45, 2.75) is 0 Å². The summed E-state index contributed by atoms with van der Waals surface area (Å²) in [5.41, 5.74) is 0.901. The Labute approximate surface area is 182 Å². The first kappa shape index (κ1) is 21.4. The monoisotopic (exact) mass is 447 g/mol. The molecule has 0 unspecified atom stereocenters. The van der Waals surface area contributed by atoms with Gasteiger partial charge in [0.05, 0.1) is 17.9 Å². The third-order valence-corrected chi connectivity index (χ3v) is 5.71. The molecule has 2 aliphatic heterocycles. The Balaban J connectivity index is 1.74. The van der Waals surface area contributed by atoms with E-state index in [1.165, 1.54) is 6.07 Å². The second-order valence-electron chi connectivity index (χ2n) is 7.33. The van der Waals surface area contributed by atoms with Gasteiger partial charge in [0.15, 0.2) is 11.6 Å². The van der Waals surface area contributed by atoms with Gasteiger partial charge in [-0.25, -0.2) is 13.7 Å². The van der Waals surface area contributed by atoms with E-state index in [0.29, 0.717) is 43.3 Å². The van der Waals surface area contributed by atoms with Gasteiger partial charge in [0, 0.05) is 43.8 Å². The van der Waals surface area contributed by atoms with E-state index in [1.807, 2.05) is 4.90 Å². The number of imide groups is 1. The van der Waals surface area contributed by atoms with Gasteiger partial charge in [-0.3, -0.25) is 14.5 Å². The Morgan fingerprint density at radius 2 is 1.58 bits per heavy atom. The maximum Gasteiger partial charge on any atom is 0.282 e. The van der Waals surface area contributed by atoms with Crippen LogP contribution in [-0.2, 0) is 9.59 Å². The van der Waals surface area contributed by atoms with Crippen molar-refractivity contribution in [1.29, 1.82) is 0 Å². The molecule has 6 nitrogen and oxygen atoms in total. The minimum Gasteiger partial charge on any atom is -0.395 e. The molecule has 1 N–H and O–H groups in total. The Kier molecular flexibility index (Phi) is 6.04. The van der Waals surface area contributed by atoms with Crippen molar-refractivity contribution in [3.8, 4) is 0 Å². The SMILES string of the molecule is O=C1C(c2ccc(Cl)cc2)=C(N2CCN(CCO)CC2)C(=O)N1c1ccc(F)c(F)c1. The van der Waals surface area contributed by atoms with E-state index < -0.39 is 23.4 Å². The fraction of sp³-hybridized carbons (Fsp3) is 0.273. The lowest BCUT2D eigenvalue weighted by Crippen LogP contribution is -2.48. The zero-order chi connectivity index (χ0) is 22.1. The lowest BCUT2D eigenvalue weighted by molar-refractivity contribution is -0.120. The first-order chi connectivity index (χ1) is 14.9. The number of carbonyl (C=O) groups is 2. The van der Waals surface area contributed by atoms with Crippen molar-refractivity contribution >= 4 is 34.7 Å². The molecule has 1 saturated heterocycles. The molecule has 0 aromatic heterocycles. The van der Waals surface area contributed by atoms with Crippen LogP contribution in [0.3, 0.4) is 0 Å². The lowest BCUT2D eigenvalue weighted by atomic mass is 10.0. The average Bonchev–Trinajstić information content (AvgIpc) is 3.02. The number of hydrogen-bond donors (Lipinski definition) is 1. The van der Waals surface area contributed by atoms with Crippen molar-refractivity contribution in [2.24, 2.45) is 0 Å². The molecule has 2 heterocycles. The van der Waals surface area contributed by atoms with Crippen LogP contribution in [0.4, 0.5) is 14.5 Å². The topological polar surface area (TPSA) is 64.1 Å². The number of anilines is 1. The van der Waals surface area contributed by atoms with E-state index in [2.05, 4.69) is 4.90 Å². The standard InChI is InChI=1S/C22H20ClF2N3O3/c23-15-3-1-14(2-4-15)19-20(27-9-7-26(8-10-27)11-12-29)22(31)28(21(19)30)16-5-6-17(24)18(25)13-16/h1-6,13,29H,7-12H2. The first-order valence-electron chi connectivity index (χ1n) is 9.83. The molecule has 0 saturated carbocycles. The molecule has 4 rings (SSSR count). The number of amides is 2. The van der Waals surface area contributed by atoms with Crippen LogP contribution in [0.15, 0.2) is 48.2 Å². The van der Waals surface area contributed by atoms with E-state index in [9.17, 15) is 18.4 Å². The van der Waals surface area contributed by atoms with Gasteiger partial charge in [0.2, 0.25) is 0 Å². The molecule has 2 aromatic rings. The number of carbonyl (C=O) groups excluding carboxylic acids is 2. The molecule has 2 aliphatic rings. The van der Waals surface area contributed by atoms with Crippen molar-refractivity contribution in [3.05, 3.63) is 70.4 Å². The number of halogens is 3. The molecule has 2 aromatic carbocycles. The summed E-state index contributed by atoms with van der Waals surface area (Å²) >= 11 is 5.98. The Hall–Kier alpha value is -2.81. The molecule has 31 heavy (non-hydrogen) atoms. The summed E-state index contributed by atoms with van der Waals surface area (Å²) in [5, 5.41) is 9.63. The summed E-state index contributed by atoms with van der Waals surface area (Å²) < 4.78 is 27.2. The quantitative estimate of drug-likeness (QED) is 0.714.